The van der Waals surface area contributed by atoms with Gasteiger partial charge in [-0.05, 0) is 144 Å². The summed E-state index contributed by atoms with van der Waals surface area (Å²) in [5, 5.41) is 8.68. The molecular formula is C53H74N4O3S. The Bertz CT molecular complexity index is 2310. The fourth-order valence-corrected chi connectivity index (χ4v) is 16.0. The molecule has 7 atom stereocenters. The molecule has 1 saturated heterocycles. The van der Waals surface area contributed by atoms with E-state index in [0.717, 1.165) is 107 Å². The highest BCUT2D eigenvalue weighted by Gasteiger charge is 2.69. The summed E-state index contributed by atoms with van der Waals surface area (Å²) in [6, 6.07) is 18.4. The van der Waals surface area contributed by atoms with Crippen molar-refractivity contribution in [2.45, 2.75) is 168 Å². The van der Waals surface area contributed by atoms with Gasteiger partial charge in [-0.2, -0.15) is 17.6 Å². The molecule has 4 fully saturated rings. The van der Waals surface area contributed by atoms with Gasteiger partial charge < -0.3 is 5.32 Å². The third-order valence-corrected chi connectivity index (χ3v) is 20.2. The van der Waals surface area contributed by atoms with E-state index in [4.69, 9.17) is 5.10 Å². The second-order valence-electron chi connectivity index (χ2n) is 23.9. The maximum absolute atomic E-state index is 15.0. The number of piperidine rings is 1. The fraction of sp³-hybridized carbons (Fsp3) is 0.660. The zero-order valence-corrected chi connectivity index (χ0v) is 39.9. The Hall–Kier alpha value is -3.23. The zero-order chi connectivity index (χ0) is 43.6. The second kappa shape index (κ2) is 14.4. The summed E-state index contributed by atoms with van der Waals surface area (Å²) in [5.74, 6) is 1.40. The Balaban J connectivity index is 0.990. The van der Waals surface area contributed by atoms with Crippen LogP contribution in [0.25, 0.3) is 0 Å². The molecule has 1 N–H and O–H groups in total. The molecule has 61 heavy (non-hydrogen) atoms. The van der Waals surface area contributed by atoms with Crippen molar-refractivity contribution < 1.29 is 13.2 Å². The number of carbonyl (C=O) groups excluding carboxylic acids is 1. The van der Waals surface area contributed by atoms with Crippen LogP contribution in [0.2, 0.25) is 0 Å². The molecule has 0 unspecified atom stereocenters. The highest BCUT2D eigenvalue weighted by molar-refractivity contribution is 7.89. The van der Waals surface area contributed by atoms with Crippen LogP contribution in [0.15, 0.2) is 77.3 Å². The Morgan fingerprint density at radius 1 is 0.836 bits per heavy atom. The molecule has 3 aromatic rings. The smallest absolute Gasteiger partial charge is 0.282 e. The third kappa shape index (κ3) is 6.76. The van der Waals surface area contributed by atoms with Gasteiger partial charge in [0.25, 0.3) is 10.0 Å². The lowest BCUT2D eigenvalue weighted by Crippen LogP contribution is -2.65. The minimum atomic E-state index is -3.86. The molecule has 7 nitrogen and oxygen atoms in total. The summed E-state index contributed by atoms with van der Waals surface area (Å²) < 4.78 is 29.6. The molecule has 3 saturated carbocycles. The van der Waals surface area contributed by atoms with E-state index in [1.807, 2.05) is 18.3 Å². The van der Waals surface area contributed by atoms with E-state index in [1.165, 1.54) is 9.65 Å². The van der Waals surface area contributed by atoms with E-state index < -0.39 is 10.0 Å². The molecule has 6 aliphatic rings. The third-order valence-electron chi connectivity index (χ3n) is 18.6. The van der Waals surface area contributed by atoms with Crippen LogP contribution in [0.1, 0.15) is 156 Å². The second-order valence-corrected chi connectivity index (χ2v) is 25.7. The minimum Gasteiger partial charge on any atom is -0.353 e. The SMILES string of the molecule is CC1(C)CC[C@]2(C(=O)NC3CCN(Cc4ccccc4)CC3)CC[C@]3(C)C(=CC[C@@H]4[C@@]5(C)Cc6cn(S(=O)(=O)c7ccc(C(C)(C)C)cc7)nc6C(C)(C)[C@@H]5CC[C@]43C)[C@@H]2C1. The van der Waals surface area contributed by atoms with Crippen molar-refractivity contribution in [2.24, 2.45) is 44.8 Å². The van der Waals surface area contributed by atoms with Crippen LogP contribution in [-0.4, -0.2) is 47.5 Å². The molecule has 0 radical (unpaired) electrons. The molecule has 1 aliphatic heterocycles. The topological polar surface area (TPSA) is 84.3 Å². The number of rotatable bonds is 6. The molecule has 5 aliphatic carbocycles. The molecule has 330 valence electrons. The number of hydrogen-bond acceptors (Lipinski definition) is 5. The molecule has 9 rings (SSSR count). The van der Waals surface area contributed by atoms with Gasteiger partial charge >= 0.3 is 0 Å². The van der Waals surface area contributed by atoms with Crippen LogP contribution in [0.3, 0.4) is 0 Å². The van der Waals surface area contributed by atoms with E-state index in [2.05, 4.69) is 116 Å². The highest BCUT2D eigenvalue weighted by Crippen LogP contribution is 2.75. The first kappa shape index (κ1) is 43.0. The summed E-state index contributed by atoms with van der Waals surface area (Å²) in [6.45, 7) is 26.7. The monoisotopic (exact) mass is 847 g/mol. The Morgan fingerprint density at radius 3 is 2.18 bits per heavy atom. The standard InChI is InChI=1S/C53H74N4O3S/c1-47(2,3)38-16-18-40(19-17-38)61(59,60)57-35-37-32-50(8)43(49(6,7)45(37)55-57)22-25-52(10)44(50)21-20-41-42-33-48(4,5)26-28-53(42,29-27-51(41,52)9)46(58)54-39-23-30-56(31-24-39)34-36-14-12-11-13-15-36/h11-20,35,39,42-44H,21-34H2,1-10H3,(H,54,58)/t42-,43-,44+,50-,51+,52+,53-/m0/s1. The lowest BCUT2D eigenvalue weighted by atomic mass is 9.33. The van der Waals surface area contributed by atoms with E-state index in [0.29, 0.717) is 17.7 Å². The number of carbonyl (C=O) groups is 1. The summed E-state index contributed by atoms with van der Waals surface area (Å²) >= 11 is 0. The summed E-state index contributed by atoms with van der Waals surface area (Å²) in [5.41, 5.74) is 5.61. The van der Waals surface area contributed by atoms with E-state index in [1.54, 1.807) is 17.7 Å². The van der Waals surface area contributed by atoms with Gasteiger partial charge in [0.05, 0.1) is 16.0 Å². The molecular weight excluding hydrogens is 773 g/mol. The first-order valence-electron chi connectivity index (χ1n) is 23.8. The van der Waals surface area contributed by atoms with Crippen LogP contribution in [-0.2, 0) is 38.6 Å². The van der Waals surface area contributed by atoms with E-state index in [-0.39, 0.29) is 54.8 Å². The Morgan fingerprint density at radius 2 is 1.51 bits per heavy atom. The number of aromatic nitrogens is 2. The lowest BCUT2D eigenvalue weighted by Gasteiger charge is -2.70. The predicted molar refractivity (Wildman–Crippen MR) is 246 cm³/mol. The van der Waals surface area contributed by atoms with Crippen molar-refractivity contribution in [3.63, 3.8) is 0 Å². The van der Waals surface area contributed by atoms with Crippen molar-refractivity contribution >= 4 is 15.9 Å². The maximum Gasteiger partial charge on any atom is 0.282 e. The van der Waals surface area contributed by atoms with Crippen molar-refractivity contribution in [3.8, 4) is 0 Å². The maximum atomic E-state index is 15.0. The summed E-state index contributed by atoms with van der Waals surface area (Å²) in [7, 11) is -3.86. The summed E-state index contributed by atoms with van der Waals surface area (Å²) in [4.78, 5) is 17.8. The van der Waals surface area contributed by atoms with Gasteiger partial charge in [-0.3, -0.25) is 9.69 Å². The highest BCUT2D eigenvalue weighted by atomic mass is 32.2. The average molecular weight is 847 g/mol. The Labute approximate surface area is 368 Å². The van der Waals surface area contributed by atoms with Crippen LogP contribution >= 0.6 is 0 Å². The van der Waals surface area contributed by atoms with E-state index in [9.17, 15) is 13.2 Å². The van der Waals surface area contributed by atoms with Crippen LogP contribution < -0.4 is 5.32 Å². The van der Waals surface area contributed by atoms with Crippen molar-refractivity contribution in [2.75, 3.05) is 13.1 Å². The van der Waals surface area contributed by atoms with Crippen molar-refractivity contribution in [1.29, 1.82) is 0 Å². The molecule has 0 bridgehead atoms. The number of likely N-dealkylation sites (tertiary alicyclic amines) is 1. The number of benzene rings is 2. The largest absolute Gasteiger partial charge is 0.353 e. The van der Waals surface area contributed by atoms with Gasteiger partial charge in [0.2, 0.25) is 5.91 Å². The number of allylic oxidation sites excluding steroid dienone is 2. The van der Waals surface area contributed by atoms with Gasteiger partial charge in [0.1, 0.15) is 0 Å². The van der Waals surface area contributed by atoms with Gasteiger partial charge in [0, 0.05) is 37.3 Å². The number of nitrogens with one attached hydrogen (secondary N) is 1. The number of nitrogens with zero attached hydrogens (tertiary/aromatic N) is 3. The zero-order valence-electron chi connectivity index (χ0n) is 39.0. The molecule has 8 heteroatoms. The average Bonchev–Trinajstić information content (AvgIpc) is 3.64. The molecule has 0 spiro atoms. The van der Waals surface area contributed by atoms with E-state index >= 15 is 0 Å². The number of hydrogen-bond donors (Lipinski definition) is 1. The van der Waals surface area contributed by atoms with Gasteiger partial charge in [-0.25, -0.2) is 0 Å². The molecule has 1 amide bonds. The normalized spacial score (nSPS) is 34.8. The minimum absolute atomic E-state index is 0.00823. The predicted octanol–water partition coefficient (Wildman–Crippen LogP) is 11.0. The fourth-order valence-electron chi connectivity index (χ4n) is 14.8. The van der Waals surface area contributed by atoms with Gasteiger partial charge in [-0.1, -0.05) is 123 Å². The van der Waals surface area contributed by atoms with Crippen LogP contribution in [0.4, 0.5) is 0 Å². The van der Waals surface area contributed by atoms with Crippen LogP contribution in [0.5, 0.6) is 0 Å². The quantitative estimate of drug-likeness (QED) is 0.250. The van der Waals surface area contributed by atoms with Crippen LogP contribution in [0, 0.1) is 44.8 Å². The first-order chi connectivity index (χ1) is 28.5. The molecule has 2 heterocycles. The van der Waals surface area contributed by atoms with Crippen molar-refractivity contribution in [1.82, 2.24) is 19.4 Å². The van der Waals surface area contributed by atoms with Crippen molar-refractivity contribution in [3.05, 3.63) is 94.8 Å². The van der Waals surface area contributed by atoms with Gasteiger partial charge in [0.15, 0.2) is 0 Å². The summed E-state index contributed by atoms with van der Waals surface area (Å²) in [6.07, 6.45) is 15.8. The molecule has 1 aromatic heterocycles. The number of fused-ring (bicyclic) bond motifs is 8. The Kier molecular flexibility index (Phi) is 10.2. The lowest BCUT2D eigenvalue weighted by molar-refractivity contribution is -0.168. The molecule has 2 aromatic carbocycles. The first-order valence-corrected chi connectivity index (χ1v) is 25.2. The number of amides is 1. The van der Waals surface area contributed by atoms with Gasteiger partial charge in [-0.15, -0.1) is 0 Å².